The van der Waals surface area contributed by atoms with Crippen LogP contribution >= 0.6 is 0 Å². The van der Waals surface area contributed by atoms with Crippen molar-refractivity contribution in [3.8, 4) is 17.3 Å². The Morgan fingerprint density at radius 2 is 1.81 bits per heavy atom. The molecule has 0 saturated heterocycles. The van der Waals surface area contributed by atoms with Crippen LogP contribution in [0.3, 0.4) is 0 Å². The zero-order valence-corrected chi connectivity index (χ0v) is 17.1. The highest BCUT2D eigenvalue weighted by atomic mass is 19.1. The lowest BCUT2D eigenvalue weighted by molar-refractivity contribution is -0.121. The van der Waals surface area contributed by atoms with Gasteiger partial charge in [0.15, 0.2) is 11.6 Å². The molecular formula is C22H22F3N3O3. The molecule has 0 aliphatic heterocycles. The number of halogens is 3. The Hall–Kier alpha value is -3.33. The smallest absolute Gasteiger partial charge is 0.226 e. The molecule has 164 valence electrons. The predicted octanol–water partition coefficient (Wildman–Crippen LogP) is 4.09. The summed E-state index contributed by atoms with van der Waals surface area (Å²) in [6.07, 6.45) is 0.409. The topological polar surface area (TPSA) is 65.4 Å². The second-order valence-corrected chi connectivity index (χ2v) is 6.78. The molecule has 1 N–H and O–H groups in total. The third-order valence-corrected chi connectivity index (χ3v) is 4.54. The molecule has 0 aliphatic rings. The molecule has 0 fully saturated rings. The lowest BCUT2D eigenvalue weighted by Crippen LogP contribution is -2.27. The fourth-order valence-corrected chi connectivity index (χ4v) is 2.97. The van der Waals surface area contributed by atoms with Gasteiger partial charge < -0.3 is 14.8 Å². The zero-order chi connectivity index (χ0) is 22.4. The quantitative estimate of drug-likeness (QED) is 0.517. The molecule has 1 heterocycles. The van der Waals surface area contributed by atoms with Crippen molar-refractivity contribution in [1.29, 1.82) is 0 Å². The van der Waals surface area contributed by atoms with E-state index in [9.17, 15) is 18.0 Å². The van der Waals surface area contributed by atoms with Gasteiger partial charge in [-0.2, -0.15) is 5.10 Å². The highest BCUT2D eigenvalue weighted by Crippen LogP contribution is 2.33. The first-order valence-corrected chi connectivity index (χ1v) is 9.62. The number of rotatable bonds is 9. The third-order valence-electron chi connectivity index (χ3n) is 4.54. The fraction of sp³-hybridized carbons (Fsp3) is 0.273. The lowest BCUT2D eigenvalue weighted by atomic mass is 10.1. The summed E-state index contributed by atoms with van der Waals surface area (Å²) in [5.74, 6) is -2.26. The summed E-state index contributed by atoms with van der Waals surface area (Å²) >= 11 is 0. The maximum atomic E-state index is 14.2. The SMILES string of the molecule is COCCNC(=O)CCc1c(C)nn(-c2ccc(F)cc2)c1Oc1ccc(F)cc1F. The first-order chi connectivity index (χ1) is 14.9. The average Bonchev–Trinajstić information content (AvgIpc) is 3.04. The van der Waals surface area contributed by atoms with E-state index in [1.807, 2.05) is 0 Å². The van der Waals surface area contributed by atoms with E-state index < -0.39 is 17.5 Å². The van der Waals surface area contributed by atoms with Crippen LogP contribution in [0.1, 0.15) is 17.7 Å². The molecule has 1 amide bonds. The number of nitrogens with zero attached hydrogens (tertiary/aromatic N) is 2. The molecule has 9 heteroatoms. The number of aromatic nitrogens is 2. The van der Waals surface area contributed by atoms with Gasteiger partial charge in [0.25, 0.3) is 0 Å². The van der Waals surface area contributed by atoms with Crippen LogP contribution in [0.4, 0.5) is 13.2 Å². The summed E-state index contributed by atoms with van der Waals surface area (Å²) in [6.45, 7) is 2.50. The summed E-state index contributed by atoms with van der Waals surface area (Å²) in [5, 5.41) is 7.16. The first-order valence-electron chi connectivity index (χ1n) is 9.62. The second-order valence-electron chi connectivity index (χ2n) is 6.78. The van der Waals surface area contributed by atoms with Crippen LogP contribution in [0.25, 0.3) is 5.69 Å². The standard InChI is InChI=1S/C22H22F3N3O3/c1-14-18(8-10-21(29)26-11-12-30-2)22(31-20-9-5-16(24)13-19(20)25)28(27-14)17-6-3-15(23)4-7-17/h3-7,9,13H,8,10-12H2,1-2H3,(H,26,29). The number of benzene rings is 2. The van der Waals surface area contributed by atoms with Crippen molar-refractivity contribution in [3.05, 3.63) is 71.2 Å². The largest absolute Gasteiger partial charge is 0.436 e. The van der Waals surface area contributed by atoms with Crippen molar-refractivity contribution < 1.29 is 27.4 Å². The van der Waals surface area contributed by atoms with Crippen LogP contribution in [0.2, 0.25) is 0 Å². The van der Waals surface area contributed by atoms with E-state index in [-0.39, 0.29) is 30.4 Å². The van der Waals surface area contributed by atoms with Crippen LogP contribution in [0.5, 0.6) is 11.6 Å². The number of hydrogen-bond donors (Lipinski definition) is 1. The van der Waals surface area contributed by atoms with Crippen LogP contribution in [0.15, 0.2) is 42.5 Å². The van der Waals surface area contributed by atoms with E-state index in [1.54, 1.807) is 6.92 Å². The highest BCUT2D eigenvalue weighted by Gasteiger charge is 2.21. The maximum absolute atomic E-state index is 14.2. The van der Waals surface area contributed by atoms with Gasteiger partial charge in [0, 0.05) is 31.7 Å². The Kier molecular flexibility index (Phi) is 7.30. The minimum atomic E-state index is -0.882. The van der Waals surface area contributed by atoms with Gasteiger partial charge in [0.05, 0.1) is 18.0 Å². The molecule has 3 rings (SSSR count). The van der Waals surface area contributed by atoms with Crippen molar-refractivity contribution in [3.63, 3.8) is 0 Å². The van der Waals surface area contributed by atoms with E-state index in [1.165, 1.54) is 42.1 Å². The molecule has 0 spiro atoms. The normalized spacial score (nSPS) is 10.9. The first kappa shape index (κ1) is 22.4. The zero-order valence-electron chi connectivity index (χ0n) is 17.1. The van der Waals surface area contributed by atoms with E-state index in [2.05, 4.69) is 10.4 Å². The number of aryl methyl sites for hydroxylation is 1. The van der Waals surface area contributed by atoms with Crippen molar-refractivity contribution in [2.75, 3.05) is 20.3 Å². The third kappa shape index (κ3) is 5.64. The van der Waals surface area contributed by atoms with E-state index >= 15 is 0 Å². The molecule has 2 aromatic carbocycles. The highest BCUT2D eigenvalue weighted by molar-refractivity contribution is 5.76. The number of nitrogens with one attached hydrogen (secondary N) is 1. The number of ether oxygens (including phenoxy) is 2. The van der Waals surface area contributed by atoms with Gasteiger partial charge in [-0.25, -0.2) is 17.9 Å². The summed E-state index contributed by atoms with van der Waals surface area (Å²) in [7, 11) is 1.54. The molecule has 0 bridgehead atoms. The van der Waals surface area contributed by atoms with Gasteiger partial charge in [0.2, 0.25) is 11.8 Å². The Balaban J connectivity index is 1.93. The molecule has 0 radical (unpaired) electrons. The van der Waals surface area contributed by atoms with Gasteiger partial charge in [0.1, 0.15) is 11.6 Å². The predicted molar refractivity (Wildman–Crippen MR) is 108 cm³/mol. The number of carbonyl (C=O) groups excluding carboxylic acids is 1. The molecule has 1 aromatic heterocycles. The number of carbonyl (C=O) groups is 1. The van der Waals surface area contributed by atoms with Crippen molar-refractivity contribution in [1.82, 2.24) is 15.1 Å². The van der Waals surface area contributed by atoms with Crippen molar-refractivity contribution in [2.45, 2.75) is 19.8 Å². The monoisotopic (exact) mass is 433 g/mol. The molecule has 0 aliphatic carbocycles. The van der Waals surface area contributed by atoms with Crippen LogP contribution < -0.4 is 10.1 Å². The summed E-state index contributed by atoms with van der Waals surface area (Å²) in [5.41, 5.74) is 1.62. The van der Waals surface area contributed by atoms with Crippen LogP contribution in [-0.4, -0.2) is 35.9 Å². The lowest BCUT2D eigenvalue weighted by Gasteiger charge is -2.12. The Bertz CT molecular complexity index is 1050. The Morgan fingerprint density at radius 1 is 1.10 bits per heavy atom. The Morgan fingerprint density at radius 3 is 2.48 bits per heavy atom. The van der Waals surface area contributed by atoms with Gasteiger partial charge in [-0.15, -0.1) is 0 Å². The van der Waals surface area contributed by atoms with Gasteiger partial charge in [-0.3, -0.25) is 4.79 Å². The molecule has 0 atom stereocenters. The number of hydrogen-bond acceptors (Lipinski definition) is 4. The molecule has 31 heavy (non-hydrogen) atoms. The van der Waals surface area contributed by atoms with Crippen LogP contribution in [0, 0.1) is 24.4 Å². The second kappa shape index (κ2) is 10.1. The number of methoxy groups -OCH3 is 1. The summed E-state index contributed by atoms with van der Waals surface area (Å²) in [4.78, 5) is 12.1. The minimum Gasteiger partial charge on any atom is -0.436 e. The molecule has 3 aromatic rings. The maximum Gasteiger partial charge on any atom is 0.226 e. The van der Waals surface area contributed by atoms with Crippen LogP contribution in [-0.2, 0) is 16.0 Å². The van der Waals surface area contributed by atoms with Crippen molar-refractivity contribution in [2.24, 2.45) is 0 Å². The molecular weight excluding hydrogens is 411 g/mol. The summed E-state index contributed by atoms with van der Waals surface area (Å²) in [6, 6.07) is 8.47. The van der Waals surface area contributed by atoms with Crippen molar-refractivity contribution >= 4 is 5.91 Å². The van der Waals surface area contributed by atoms with E-state index in [4.69, 9.17) is 9.47 Å². The number of amides is 1. The van der Waals surface area contributed by atoms with E-state index in [0.29, 0.717) is 36.2 Å². The molecule has 0 saturated carbocycles. The summed E-state index contributed by atoms with van der Waals surface area (Å²) < 4.78 is 53.0. The Labute approximate surface area is 177 Å². The van der Waals surface area contributed by atoms with E-state index in [0.717, 1.165) is 6.07 Å². The minimum absolute atomic E-state index is 0.141. The molecule has 0 unspecified atom stereocenters. The van der Waals surface area contributed by atoms with Gasteiger partial charge in [-0.05, 0) is 49.7 Å². The molecule has 6 nitrogen and oxygen atoms in total. The fourth-order valence-electron chi connectivity index (χ4n) is 2.97. The van der Waals surface area contributed by atoms with Gasteiger partial charge >= 0.3 is 0 Å². The van der Waals surface area contributed by atoms with Gasteiger partial charge in [-0.1, -0.05) is 0 Å². The average molecular weight is 433 g/mol.